The number of amides is 1. The Morgan fingerprint density at radius 2 is 2.17 bits per heavy atom. The molecule has 1 amide bonds. The summed E-state index contributed by atoms with van der Waals surface area (Å²) in [4.78, 5) is 12.6. The first kappa shape index (κ1) is 13.5. The van der Waals surface area contributed by atoms with Gasteiger partial charge in [0.05, 0.1) is 17.7 Å². The highest BCUT2D eigenvalue weighted by Crippen LogP contribution is 2.30. The molecule has 0 saturated carbocycles. The number of hydrogen-bond donors (Lipinski definition) is 1. The number of aromatic nitrogens is 3. The fourth-order valence-electron chi connectivity index (χ4n) is 3.06. The number of nitrogens with zero attached hydrogens (tertiary/aromatic N) is 4. The Morgan fingerprint density at radius 1 is 1.30 bits per heavy atom. The van der Waals surface area contributed by atoms with E-state index in [1.165, 1.54) is 10.2 Å². The van der Waals surface area contributed by atoms with Crippen molar-refractivity contribution in [3.8, 4) is 6.07 Å². The summed E-state index contributed by atoms with van der Waals surface area (Å²) in [6.45, 7) is 0. The maximum atomic E-state index is 12.6. The average molecular weight is 303 g/mol. The monoisotopic (exact) mass is 303 g/mol. The molecule has 0 spiro atoms. The van der Waals surface area contributed by atoms with Crippen LogP contribution in [0.4, 0.5) is 4.79 Å². The molecule has 1 aliphatic rings. The molecule has 6 nitrogen and oxygen atoms in total. The molecule has 1 aromatic heterocycles. The summed E-state index contributed by atoms with van der Waals surface area (Å²) in [5.74, 6) is 0. The Morgan fingerprint density at radius 3 is 3.04 bits per heavy atom. The van der Waals surface area contributed by atoms with Gasteiger partial charge in [-0.15, -0.1) is 5.10 Å². The molecular weight excluding hydrogens is 290 g/mol. The molecule has 0 saturated heterocycles. The van der Waals surface area contributed by atoms with Crippen LogP contribution in [-0.4, -0.2) is 21.0 Å². The number of nitrogens with one attached hydrogen (secondary N) is 1. The predicted molar refractivity (Wildman–Crippen MR) is 83.7 cm³/mol. The SMILES string of the molecule is N#Cc1ccc2nnn(C(=O)N[C@@H]3CCc4ccccc43)c2c1. The second-order valence-corrected chi connectivity index (χ2v) is 5.56. The summed E-state index contributed by atoms with van der Waals surface area (Å²) in [7, 11) is 0. The maximum Gasteiger partial charge on any atom is 0.344 e. The van der Waals surface area contributed by atoms with E-state index in [2.05, 4.69) is 27.8 Å². The fourth-order valence-corrected chi connectivity index (χ4v) is 3.06. The molecule has 1 aliphatic carbocycles. The standard InChI is InChI=1S/C17H13N5O/c18-10-11-5-7-15-16(9-11)22(21-20-15)17(23)19-14-8-6-12-3-1-2-4-13(12)14/h1-5,7,9,14H,6,8H2,(H,19,23)/t14-/m1/s1. The van der Waals surface area contributed by atoms with Crippen LogP contribution in [0.5, 0.6) is 0 Å². The molecular formula is C17H13N5O. The molecule has 6 heteroatoms. The van der Waals surface area contributed by atoms with E-state index in [-0.39, 0.29) is 12.1 Å². The lowest BCUT2D eigenvalue weighted by Gasteiger charge is -2.13. The lowest BCUT2D eigenvalue weighted by Crippen LogP contribution is -2.32. The third-order valence-corrected chi connectivity index (χ3v) is 4.20. The third kappa shape index (κ3) is 2.23. The van der Waals surface area contributed by atoms with Crippen LogP contribution in [0.1, 0.15) is 29.2 Å². The highest BCUT2D eigenvalue weighted by molar-refractivity contribution is 5.88. The van der Waals surface area contributed by atoms with Gasteiger partial charge >= 0.3 is 6.03 Å². The van der Waals surface area contributed by atoms with Gasteiger partial charge < -0.3 is 5.32 Å². The van der Waals surface area contributed by atoms with Gasteiger partial charge in [0.15, 0.2) is 0 Å². The van der Waals surface area contributed by atoms with E-state index in [1.807, 2.05) is 18.2 Å². The van der Waals surface area contributed by atoms with E-state index in [0.717, 1.165) is 18.4 Å². The van der Waals surface area contributed by atoms with Gasteiger partial charge in [0, 0.05) is 0 Å². The number of aryl methyl sites for hydroxylation is 1. The maximum absolute atomic E-state index is 12.6. The van der Waals surface area contributed by atoms with Crippen molar-refractivity contribution in [1.29, 1.82) is 5.26 Å². The zero-order chi connectivity index (χ0) is 15.8. The normalized spacial score (nSPS) is 16.0. The molecule has 1 N–H and O–H groups in total. The summed E-state index contributed by atoms with van der Waals surface area (Å²) in [5.41, 5.74) is 4.02. The molecule has 0 radical (unpaired) electrons. The van der Waals surface area contributed by atoms with E-state index in [0.29, 0.717) is 16.6 Å². The number of benzene rings is 2. The van der Waals surface area contributed by atoms with Crippen molar-refractivity contribution in [3.05, 3.63) is 59.2 Å². The second kappa shape index (κ2) is 5.21. The summed E-state index contributed by atoms with van der Waals surface area (Å²) < 4.78 is 1.22. The van der Waals surface area contributed by atoms with Crippen molar-refractivity contribution in [2.24, 2.45) is 0 Å². The number of nitriles is 1. The first-order valence-electron chi connectivity index (χ1n) is 7.40. The molecule has 3 aromatic rings. The summed E-state index contributed by atoms with van der Waals surface area (Å²) in [5, 5.41) is 19.9. The second-order valence-electron chi connectivity index (χ2n) is 5.56. The van der Waals surface area contributed by atoms with Gasteiger partial charge in [-0.1, -0.05) is 29.5 Å². The molecule has 4 rings (SSSR count). The molecule has 112 valence electrons. The van der Waals surface area contributed by atoms with Crippen LogP contribution in [0, 0.1) is 11.3 Å². The van der Waals surface area contributed by atoms with Gasteiger partial charge in [-0.05, 0) is 42.2 Å². The van der Waals surface area contributed by atoms with Gasteiger partial charge in [0.1, 0.15) is 11.0 Å². The number of rotatable bonds is 1. The van der Waals surface area contributed by atoms with E-state index >= 15 is 0 Å². The van der Waals surface area contributed by atoms with Crippen molar-refractivity contribution in [2.45, 2.75) is 18.9 Å². The van der Waals surface area contributed by atoms with Crippen LogP contribution >= 0.6 is 0 Å². The minimum atomic E-state index is -0.329. The summed E-state index contributed by atoms with van der Waals surface area (Å²) in [6, 6.07) is 14.8. The Bertz CT molecular complexity index is 953. The van der Waals surface area contributed by atoms with E-state index in [9.17, 15) is 4.79 Å². The van der Waals surface area contributed by atoms with E-state index in [4.69, 9.17) is 5.26 Å². The minimum absolute atomic E-state index is 0.0166. The molecule has 0 bridgehead atoms. The van der Waals surface area contributed by atoms with Crippen LogP contribution < -0.4 is 5.32 Å². The van der Waals surface area contributed by atoms with Crippen molar-refractivity contribution < 1.29 is 4.79 Å². The van der Waals surface area contributed by atoms with Gasteiger partial charge in [0.2, 0.25) is 0 Å². The quantitative estimate of drug-likeness (QED) is 0.748. The number of fused-ring (bicyclic) bond motifs is 2. The number of carbonyl (C=O) groups is 1. The Balaban J connectivity index is 1.65. The molecule has 2 aromatic carbocycles. The lowest BCUT2D eigenvalue weighted by atomic mass is 10.1. The van der Waals surface area contributed by atoms with Crippen molar-refractivity contribution >= 4 is 17.1 Å². The van der Waals surface area contributed by atoms with Crippen LogP contribution in [0.2, 0.25) is 0 Å². The molecule has 0 fully saturated rings. The summed E-state index contributed by atoms with van der Waals surface area (Å²) >= 11 is 0. The van der Waals surface area contributed by atoms with Crippen molar-refractivity contribution in [2.75, 3.05) is 0 Å². The molecule has 1 atom stereocenters. The van der Waals surface area contributed by atoms with Gasteiger partial charge in [-0.3, -0.25) is 0 Å². The lowest BCUT2D eigenvalue weighted by molar-refractivity contribution is 0.236. The minimum Gasteiger partial charge on any atom is -0.329 e. The first-order chi connectivity index (χ1) is 11.3. The van der Waals surface area contributed by atoms with E-state index < -0.39 is 0 Å². The smallest absolute Gasteiger partial charge is 0.329 e. The van der Waals surface area contributed by atoms with Crippen LogP contribution in [0.25, 0.3) is 11.0 Å². The van der Waals surface area contributed by atoms with Crippen LogP contribution in [-0.2, 0) is 6.42 Å². The molecule has 23 heavy (non-hydrogen) atoms. The van der Waals surface area contributed by atoms with Crippen molar-refractivity contribution in [3.63, 3.8) is 0 Å². The van der Waals surface area contributed by atoms with E-state index in [1.54, 1.807) is 18.2 Å². The Kier molecular flexibility index (Phi) is 3.05. The first-order valence-corrected chi connectivity index (χ1v) is 7.40. The van der Waals surface area contributed by atoms with Crippen molar-refractivity contribution in [1.82, 2.24) is 20.3 Å². The average Bonchev–Trinajstić information content (AvgIpc) is 3.18. The molecule has 0 aliphatic heterocycles. The highest BCUT2D eigenvalue weighted by Gasteiger charge is 2.24. The summed E-state index contributed by atoms with van der Waals surface area (Å²) in [6.07, 6.45) is 1.83. The molecule has 1 heterocycles. The predicted octanol–water partition coefficient (Wildman–Crippen LogP) is 2.55. The third-order valence-electron chi connectivity index (χ3n) is 4.20. The van der Waals surface area contributed by atoms with Gasteiger partial charge in [0.25, 0.3) is 0 Å². The van der Waals surface area contributed by atoms with Gasteiger partial charge in [-0.2, -0.15) is 9.94 Å². The van der Waals surface area contributed by atoms with Crippen LogP contribution in [0.3, 0.4) is 0 Å². The fraction of sp³-hybridized carbons (Fsp3) is 0.176. The largest absolute Gasteiger partial charge is 0.344 e. The van der Waals surface area contributed by atoms with Gasteiger partial charge in [-0.25, -0.2) is 4.79 Å². The topological polar surface area (TPSA) is 83.6 Å². The number of carbonyl (C=O) groups excluding carboxylic acids is 1. The zero-order valence-electron chi connectivity index (χ0n) is 12.2. The number of hydrogen-bond acceptors (Lipinski definition) is 4. The van der Waals surface area contributed by atoms with Crippen LogP contribution in [0.15, 0.2) is 42.5 Å². The highest BCUT2D eigenvalue weighted by atomic mass is 16.2. The molecule has 0 unspecified atom stereocenters. The Hall–Kier alpha value is -3.20. The zero-order valence-corrected chi connectivity index (χ0v) is 12.2. The Labute approximate surface area is 132 Å².